The molecule has 3 aliphatic rings. The van der Waals surface area contributed by atoms with Crippen LogP contribution in [0.5, 0.6) is 0 Å². The average Bonchev–Trinajstić information content (AvgIpc) is 3.82. The van der Waals surface area contributed by atoms with Crippen LogP contribution in [0, 0.1) is 5.92 Å². The minimum absolute atomic E-state index is 0.278. The van der Waals surface area contributed by atoms with Crippen LogP contribution in [0.15, 0.2) is 169 Å². The number of nitrogens with zero attached hydrogens (tertiary/aromatic N) is 2. The fourth-order valence-corrected chi connectivity index (χ4v) is 9.89. The normalized spacial score (nSPS) is 17.6. The minimum atomic E-state index is -0.278. The van der Waals surface area contributed by atoms with Gasteiger partial charge in [0.25, 0.3) is 0 Å². The summed E-state index contributed by atoms with van der Waals surface area (Å²) >= 11 is 0. The molecule has 0 aliphatic heterocycles. The van der Waals surface area contributed by atoms with Crippen molar-refractivity contribution in [1.82, 2.24) is 4.57 Å². The Morgan fingerprint density at radius 3 is 2.00 bits per heavy atom. The van der Waals surface area contributed by atoms with Crippen LogP contribution in [0.4, 0.5) is 5.69 Å². The fraction of sp³-hybridized carbons (Fsp3) is 0.154. The fourth-order valence-electron chi connectivity index (χ4n) is 9.89. The van der Waals surface area contributed by atoms with Gasteiger partial charge in [0.1, 0.15) is 0 Å². The molecule has 0 fully saturated rings. The van der Waals surface area contributed by atoms with Gasteiger partial charge in [0, 0.05) is 35.6 Å². The van der Waals surface area contributed by atoms with Crippen molar-refractivity contribution in [2.24, 2.45) is 5.92 Å². The van der Waals surface area contributed by atoms with E-state index < -0.39 is 0 Å². The lowest BCUT2D eigenvalue weighted by Gasteiger charge is -2.30. The quantitative estimate of drug-likeness (QED) is 0.161. The van der Waals surface area contributed by atoms with E-state index in [-0.39, 0.29) is 5.41 Å². The molecule has 6 aromatic carbocycles. The number of benzene rings is 6. The number of anilines is 1. The molecule has 262 valence electrons. The zero-order valence-corrected chi connectivity index (χ0v) is 31.0. The van der Waals surface area contributed by atoms with Gasteiger partial charge >= 0.3 is 0 Å². The Morgan fingerprint density at radius 2 is 1.30 bits per heavy atom. The van der Waals surface area contributed by atoms with Crippen molar-refractivity contribution in [3.63, 3.8) is 0 Å². The van der Waals surface area contributed by atoms with Crippen LogP contribution in [-0.4, -0.2) is 18.2 Å². The first-order valence-electron chi connectivity index (χ1n) is 19.5. The standard InChI is InChI=1S/C52H44N2/c1-3-46-40(41-18-7-11-23-47(41)52(46)48-24-12-8-19-42(48)43-20-9-13-25-49(43)52)22-15-33-53(2)38-30-27-36(28-31-38)34-37-29-32-45-44-21-10-14-26-50(44)54(51(45)35-37)39-16-5-4-6-17-39/h3-14,16-28,30-32,35,37H,15,29,33-34H2,1-2H3/b40-22-,46-3+. The number of allylic oxidation sites excluding steroid dienone is 3. The third-order valence-corrected chi connectivity index (χ3v) is 12.2. The second-order valence-corrected chi connectivity index (χ2v) is 15.1. The Balaban J connectivity index is 0.890. The van der Waals surface area contributed by atoms with Crippen molar-refractivity contribution in [3.05, 3.63) is 208 Å². The molecule has 7 aromatic rings. The number of hydrogen-bond acceptors (Lipinski definition) is 1. The number of hydrogen-bond donors (Lipinski definition) is 0. The molecular weight excluding hydrogens is 653 g/mol. The molecule has 0 saturated heterocycles. The van der Waals surface area contributed by atoms with Crippen molar-refractivity contribution < 1.29 is 0 Å². The maximum atomic E-state index is 2.52. The van der Waals surface area contributed by atoms with Crippen LogP contribution in [0.1, 0.15) is 47.6 Å². The smallest absolute Gasteiger partial charge is 0.0722 e. The highest BCUT2D eigenvalue weighted by molar-refractivity contribution is 5.99. The van der Waals surface area contributed by atoms with Gasteiger partial charge in [0.2, 0.25) is 0 Å². The second kappa shape index (κ2) is 13.1. The van der Waals surface area contributed by atoms with Crippen molar-refractivity contribution in [2.45, 2.75) is 31.6 Å². The van der Waals surface area contributed by atoms with Crippen LogP contribution in [0.3, 0.4) is 0 Å². The summed E-state index contributed by atoms with van der Waals surface area (Å²) in [7, 11) is 2.23. The van der Waals surface area contributed by atoms with Crippen LogP contribution in [0.25, 0.3) is 45.4 Å². The highest BCUT2D eigenvalue weighted by Crippen LogP contribution is 2.63. The molecule has 2 heteroatoms. The Hall–Kier alpha value is -6.12. The van der Waals surface area contributed by atoms with Gasteiger partial charge in [-0.3, -0.25) is 0 Å². The summed E-state index contributed by atoms with van der Waals surface area (Å²) in [6.45, 7) is 3.17. The largest absolute Gasteiger partial charge is 0.374 e. The van der Waals surface area contributed by atoms with E-state index in [1.165, 1.54) is 82.9 Å². The van der Waals surface area contributed by atoms with Gasteiger partial charge in [0.15, 0.2) is 0 Å². The van der Waals surface area contributed by atoms with Gasteiger partial charge < -0.3 is 9.47 Å². The number of fused-ring (bicyclic) bond motifs is 10. The molecule has 2 nitrogen and oxygen atoms in total. The first-order chi connectivity index (χ1) is 26.7. The van der Waals surface area contributed by atoms with E-state index in [4.69, 9.17) is 0 Å². The molecule has 0 N–H and O–H groups in total. The van der Waals surface area contributed by atoms with Crippen LogP contribution in [-0.2, 0) is 11.8 Å². The Labute approximate surface area is 318 Å². The van der Waals surface area contributed by atoms with Crippen molar-refractivity contribution in [3.8, 4) is 16.8 Å². The van der Waals surface area contributed by atoms with Crippen molar-refractivity contribution >= 4 is 34.3 Å². The van der Waals surface area contributed by atoms with E-state index in [0.717, 1.165) is 25.8 Å². The van der Waals surface area contributed by atoms with E-state index in [2.05, 4.69) is 199 Å². The third kappa shape index (κ3) is 4.93. The monoisotopic (exact) mass is 696 g/mol. The van der Waals surface area contributed by atoms with Crippen molar-refractivity contribution in [1.29, 1.82) is 0 Å². The van der Waals surface area contributed by atoms with Gasteiger partial charge in [-0.1, -0.05) is 146 Å². The number of para-hydroxylation sites is 2. The van der Waals surface area contributed by atoms with Gasteiger partial charge in [-0.15, -0.1) is 0 Å². The first-order valence-corrected chi connectivity index (χ1v) is 19.5. The third-order valence-electron chi connectivity index (χ3n) is 12.2. The van der Waals surface area contributed by atoms with E-state index in [9.17, 15) is 0 Å². The molecule has 10 rings (SSSR count). The molecule has 1 heterocycles. The van der Waals surface area contributed by atoms with Gasteiger partial charge in [-0.25, -0.2) is 0 Å². The molecule has 0 amide bonds. The Bertz CT molecular complexity index is 2700. The summed E-state index contributed by atoms with van der Waals surface area (Å²) in [6.07, 6.45) is 12.9. The van der Waals surface area contributed by atoms with E-state index in [0.29, 0.717) is 5.92 Å². The summed E-state index contributed by atoms with van der Waals surface area (Å²) in [5.74, 6) is 0.455. The zero-order valence-electron chi connectivity index (χ0n) is 31.0. The SMILES string of the molecule is C/C=C1\C(=C/CCN(C)c2ccc(CC3C=c4c(c5ccccc5n4-c4ccccc4)=CC3)cc2)c2ccccc2C12c1ccccc1-c1ccccc12. The van der Waals surface area contributed by atoms with Crippen molar-refractivity contribution in [2.75, 3.05) is 18.5 Å². The summed E-state index contributed by atoms with van der Waals surface area (Å²) in [5.41, 5.74) is 15.9. The molecule has 1 atom stereocenters. The Kier molecular flexibility index (Phi) is 7.87. The molecule has 3 aliphatic carbocycles. The molecule has 0 saturated carbocycles. The maximum absolute atomic E-state index is 2.52. The maximum Gasteiger partial charge on any atom is 0.0722 e. The molecule has 54 heavy (non-hydrogen) atoms. The number of aromatic nitrogens is 1. The summed E-state index contributed by atoms with van der Waals surface area (Å²) in [5, 5.41) is 4.03. The number of rotatable bonds is 7. The van der Waals surface area contributed by atoms with Gasteiger partial charge in [-0.05, 0) is 113 Å². The first kappa shape index (κ1) is 32.5. The topological polar surface area (TPSA) is 8.17 Å². The summed E-state index contributed by atoms with van der Waals surface area (Å²) < 4.78 is 2.44. The lowest BCUT2D eigenvalue weighted by molar-refractivity contribution is 0.701. The molecule has 0 bridgehead atoms. The highest BCUT2D eigenvalue weighted by atomic mass is 15.1. The molecular formula is C52H44N2. The van der Waals surface area contributed by atoms with E-state index in [1.54, 1.807) is 0 Å². The molecule has 1 unspecified atom stereocenters. The molecule has 1 aromatic heterocycles. The lowest BCUT2D eigenvalue weighted by Crippen LogP contribution is -2.32. The van der Waals surface area contributed by atoms with Crippen LogP contribution >= 0.6 is 0 Å². The molecule has 0 radical (unpaired) electrons. The van der Waals surface area contributed by atoms with Gasteiger partial charge in [0.05, 0.1) is 16.3 Å². The zero-order chi connectivity index (χ0) is 36.2. The average molecular weight is 697 g/mol. The van der Waals surface area contributed by atoms with Crippen LogP contribution < -0.4 is 15.5 Å². The molecule has 1 spiro atoms. The predicted octanol–water partition coefficient (Wildman–Crippen LogP) is 10.6. The van der Waals surface area contributed by atoms with Crippen LogP contribution in [0.2, 0.25) is 0 Å². The summed E-state index contributed by atoms with van der Waals surface area (Å²) in [6, 6.07) is 56.1. The van der Waals surface area contributed by atoms with Gasteiger partial charge in [-0.2, -0.15) is 0 Å². The second-order valence-electron chi connectivity index (χ2n) is 15.1. The summed E-state index contributed by atoms with van der Waals surface area (Å²) in [4.78, 5) is 2.40. The Morgan fingerprint density at radius 1 is 0.685 bits per heavy atom. The lowest BCUT2D eigenvalue weighted by atomic mass is 9.70. The highest BCUT2D eigenvalue weighted by Gasteiger charge is 2.52. The minimum Gasteiger partial charge on any atom is -0.374 e. The van der Waals surface area contributed by atoms with E-state index >= 15 is 0 Å². The van der Waals surface area contributed by atoms with E-state index in [1.807, 2.05) is 0 Å². The predicted molar refractivity (Wildman–Crippen MR) is 228 cm³/mol.